The number of aromatic nitrogens is 2. The molecule has 0 spiro atoms. The van der Waals surface area contributed by atoms with Gasteiger partial charge in [0.05, 0.1) is 23.1 Å². The molecule has 0 saturated carbocycles. The van der Waals surface area contributed by atoms with Crippen LogP contribution in [0.15, 0.2) is 54.6 Å². The summed E-state index contributed by atoms with van der Waals surface area (Å²) in [6, 6.07) is 17.9. The summed E-state index contributed by atoms with van der Waals surface area (Å²) in [6.07, 6.45) is 3.26. The molecule has 5 rings (SSSR count). The molecule has 2 saturated heterocycles. The summed E-state index contributed by atoms with van der Waals surface area (Å²) in [5, 5.41) is 9.60. The Morgan fingerprint density at radius 1 is 1.09 bits per heavy atom. The van der Waals surface area contributed by atoms with E-state index >= 15 is 0 Å². The van der Waals surface area contributed by atoms with Gasteiger partial charge in [0.1, 0.15) is 11.9 Å². The van der Waals surface area contributed by atoms with Crippen molar-refractivity contribution in [1.29, 1.82) is 0 Å². The van der Waals surface area contributed by atoms with Gasteiger partial charge in [-0.15, -0.1) is 0 Å². The van der Waals surface area contributed by atoms with Crippen LogP contribution in [-0.4, -0.2) is 45.0 Å². The van der Waals surface area contributed by atoms with Gasteiger partial charge in [-0.3, -0.25) is 4.79 Å². The molecule has 3 aromatic rings. The number of H-pyrrole nitrogens is 1. The number of amides is 3. The van der Waals surface area contributed by atoms with Gasteiger partial charge in [0.2, 0.25) is 5.91 Å². The van der Waals surface area contributed by atoms with Gasteiger partial charge in [-0.2, -0.15) is 11.8 Å². The van der Waals surface area contributed by atoms with Crippen LogP contribution in [0, 0.1) is 0 Å². The van der Waals surface area contributed by atoms with E-state index in [0.29, 0.717) is 11.7 Å². The standard InChI is InChI=1S/C24H27N5O2S/c30-20(13-7-6-12-19-22-18(14-32-19)27-24(31)29-22)28-21(15-8-2-1-3-9-15)23-25-16-10-4-5-11-17(16)26-23/h1-5,8-11,18-19,21-22H,6-7,12-14H2,(H,25,26)(H,28,30)(H2,27,29,31)/t18-,19-,21-,22-/m0/s1. The first-order chi connectivity index (χ1) is 15.7. The number of thioether (sulfide) groups is 1. The van der Waals surface area contributed by atoms with Gasteiger partial charge < -0.3 is 20.9 Å². The predicted molar refractivity (Wildman–Crippen MR) is 126 cm³/mol. The molecule has 1 aromatic heterocycles. The second-order valence-electron chi connectivity index (χ2n) is 8.42. The van der Waals surface area contributed by atoms with Crippen LogP contribution in [-0.2, 0) is 4.79 Å². The zero-order chi connectivity index (χ0) is 21.9. The Hall–Kier alpha value is -3.00. The summed E-state index contributed by atoms with van der Waals surface area (Å²) in [4.78, 5) is 32.4. The fraction of sp³-hybridized carbons (Fsp3) is 0.375. The van der Waals surface area contributed by atoms with Crippen molar-refractivity contribution in [2.75, 3.05) is 5.75 Å². The van der Waals surface area contributed by atoms with Crippen LogP contribution in [0.3, 0.4) is 0 Å². The molecule has 7 nitrogen and oxygen atoms in total. The normalized spacial score (nSPS) is 22.9. The van der Waals surface area contributed by atoms with E-state index in [1.807, 2.05) is 66.4 Å². The number of carbonyl (C=O) groups excluding carboxylic acids is 2. The number of urea groups is 1. The number of carbonyl (C=O) groups is 2. The number of hydrogen-bond donors (Lipinski definition) is 4. The third-order valence-electron chi connectivity index (χ3n) is 6.20. The Bertz CT molecular complexity index is 1070. The summed E-state index contributed by atoms with van der Waals surface area (Å²) < 4.78 is 0. The van der Waals surface area contributed by atoms with Gasteiger partial charge in [-0.25, -0.2) is 9.78 Å². The summed E-state index contributed by atoms with van der Waals surface area (Å²) in [5.74, 6) is 1.72. The number of fused-ring (bicyclic) bond motifs is 2. The number of unbranched alkanes of at least 4 members (excludes halogenated alkanes) is 1. The molecule has 2 aliphatic heterocycles. The van der Waals surface area contributed by atoms with E-state index in [9.17, 15) is 9.59 Å². The first kappa shape index (κ1) is 20.9. The van der Waals surface area contributed by atoms with Crippen molar-refractivity contribution in [2.24, 2.45) is 0 Å². The lowest BCUT2D eigenvalue weighted by Gasteiger charge is -2.18. The van der Waals surface area contributed by atoms with E-state index < -0.39 is 0 Å². The van der Waals surface area contributed by atoms with Gasteiger partial charge in [0, 0.05) is 17.4 Å². The average Bonchev–Trinajstić information content (AvgIpc) is 3.50. The van der Waals surface area contributed by atoms with Crippen molar-refractivity contribution in [3.05, 3.63) is 66.0 Å². The molecule has 2 fully saturated rings. The number of rotatable bonds is 8. The molecule has 2 aromatic carbocycles. The van der Waals surface area contributed by atoms with Crippen LogP contribution in [0.5, 0.6) is 0 Å². The fourth-order valence-corrected chi connectivity index (χ4v) is 6.12. The van der Waals surface area contributed by atoms with Crippen LogP contribution >= 0.6 is 11.8 Å². The van der Waals surface area contributed by atoms with Crippen molar-refractivity contribution in [3.8, 4) is 0 Å². The van der Waals surface area contributed by atoms with Crippen LogP contribution in [0.2, 0.25) is 0 Å². The Morgan fingerprint density at radius 3 is 2.75 bits per heavy atom. The Balaban J connectivity index is 1.18. The largest absolute Gasteiger partial charge is 0.342 e. The lowest BCUT2D eigenvalue weighted by Crippen LogP contribution is -2.36. The van der Waals surface area contributed by atoms with E-state index in [2.05, 4.69) is 20.9 Å². The highest BCUT2D eigenvalue weighted by molar-refractivity contribution is 8.00. The molecule has 2 aliphatic rings. The predicted octanol–water partition coefficient (Wildman–Crippen LogP) is 3.49. The molecule has 32 heavy (non-hydrogen) atoms. The van der Waals surface area contributed by atoms with Gasteiger partial charge in [-0.1, -0.05) is 48.9 Å². The minimum absolute atomic E-state index is 0.0205. The number of hydrogen-bond acceptors (Lipinski definition) is 4. The summed E-state index contributed by atoms with van der Waals surface area (Å²) >= 11 is 1.91. The van der Waals surface area contributed by atoms with Crippen molar-refractivity contribution >= 4 is 34.7 Å². The maximum Gasteiger partial charge on any atom is 0.315 e. The number of aromatic amines is 1. The monoisotopic (exact) mass is 449 g/mol. The van der Waals surface area contributed by atoms with E-state index in [4.69, 9.17) is 4.98 Å². The maximum absolute atomic E-state index is 12.8. The Kier molecular flexibility index (Phi) is 6.03. The zero-order valence-corrected chi connectivity index (χ0v) is 18.5. The van der Waals surface area contributed by atoms with Crippen molar-refractivity contribution in [1.82, 2.24) is 25.9 Å². The lowest BCUT2D eigenvalue weighted by atomic mass is 10.0. The van der Waals surface area contributed by atoms with Crippen LogP contribution in [0.25, 0.3) is 11.0 Å². The van der Waals surface area contributed by atoms with Gasteiger partial charge in [-0.05, 0) is 30.5 Å². The zero-order valence-electron chi connectivity index (χ0n) is 17.7. The molecule has 8 heteroatoms. The minimum atomic E-state index is -0.318. The highest BCUT2D eigenvalue weighted by atomic mass is 32.2. The molecule has 0 unspecified atom stereocenters. The second-order valence-corrected chi connectivity index (χ2v) is 9.69. The second kappa shape index (κ2) is 9.24. The van der Waals surface area contributed by atoms with E-state index in [0.717, 1.165) is 47.4 Å². The SMILES string of the molecule is O=C(CCCC[C@@H]1SC[C@@H]2NC(=O)N[C@@H]21)N[C@@H](c1ccccc1)c1nc2ccccc2[nH]1. The third kappa shape index (κ3) is 4.46. The van der Waals surface area contributed by atoms with E-state index in [1.165, 1.54) is 0 Å². The summed E-state index contributed by atoms with van der Waals surface area (Å²) in [5.41, 5.74) is 2.84. The van der Waals surface area contributed by atoms with Crippen molar-refractivity contribution in [3.63, 3.8) is 0 Å². The fourth-order valence-electron chi connectivity index (χ4n) is 4.57. The highest BCUT2D eigenvalue weighted by Crippen LogP contribution is 2.33. The Morgan fingerprint density at radius 2 is 1.91 bits per heavy atom. The number of imidazole rings is 1. The Labute approximate surface area is 191 Å². The molecule has 4 N–H and O–H groups in total. The van der Waals surface area contributed by atoms with Gasteiger partial charge in [0.15, 0.2) is 0 Å². The molecule has 4 atom stereocenters. The number of para-hydroxylation sites is 2. The summed E-state index contributed by atoms with van der Waals surface area (Å²) in [7, 11) is 0. The molecule has 3 amide bonds. The molecular weight excluding hydrogens is 422 g/mol. The first-order valence-corrected chi connectivity index (χ1v) is 12.2. The number of nitrogens with zero attached hydrogens (tertiary/aromatic N) is 1. The molecule has 3 heterocycles. The van der Waals surface area contributed by atoms with Gasteiger partial charge >= 0.3 is 6.03 Å². The van der Waals surface area contributed by atoms with Crippen LogP contribution < -0.4 is 16.0 Å². The van der Waals surface area contributed by atoms with E-state index in [1.54, 1.807) is 0 Å². The van der Waals surface area contributed by atoms with Crippen molar-refractivity contribution < 1.29 is 9.59 Å². The van der Waals surface area contributed by atoms with Crippen LogP contribution in [0.1, 0.15) is 43.1 Å². The molecule has 0 aliphatic carbocycles. The average molecular weight is 450 g/mol. The molecule has 166 valence electrons. The van der Waals surface area contributed by atoms with Crippen LogP contribution in [0.4, 0.5) is 4.79 Å². The third-order valence-corrected chi connectivity index (χ3v) is 7.71. The quantitative estimate of drug-likeness (QED) is 0.312. The minimum Gasteiger partial charge on any atom is -0.342 e. The first-order valence-electron chi connectivity index (χ1n) is 11.1. The molecular formula is C24H27N5O2S. The smallest absolute Gasteiger partial charge is 0.315 e. The topological polar surface area (TPSA) is 98.9 Å². The van der Waals surface area contributed by atoms with Gasteiger partial charge in [0.25, 0.3) is 0 Å². The maximum atomic E-state index is 12.8. The lowest BCUT2D eigenvalue weighted by molar-refractivity contribution is -0.121. The summed E-state index contributed by atoms with van der Waals surface area (Å²) in [6.45, 7) is 0. The van der Waals surface area contributed by atoms with Crippen molar-refractivity contribution in [2.45, 2.75) is 49.1 Å². The number of nitrogens with one attached hydrogen (secondary N) is 4. The van der Waals surface area contributed by atoms with E-state index in [-0.39, 0.29) is 30.1 Å². The molecule has 0 bridgehead atoms. The highest BCUT2D eigenvalue weighted by Gasteiger charge is 2.42. The number of benzene rings is 2. The molecule has 0 radical (unpaired) electrons.